The van der Waals surface area contributed by atoms with Gasteiger partial charge in [-0.15, -0.1) is 0 Å². The van der Waals surface area contributed by atoms with Gasteiger partial charge in [0.2, 0.25) is 0 Å². The van der Waals surface area contributed by atoms with Crippen molar-refractivity contribution < 1.29 is 4.74 Å². The average molecular weight is 334 g/mol. The Bertz CT molecular complexity index is 516. The minimum Gasteiger partial charge on any atom is -0.376 e. The predicted octanol–water partition coefficient (Wildman–Crippen LogP) is 2.93. The summed E-state index contributed by atoms with van der Waals surface area (Å²) in [5, 5.41) is 7.03. The molecule has 0 unspecified atom stereocenters. The van der Waals surface area contributed by atoms with Gasteiger partial charge in [0.05, 0.1) is 18.0 Å². The maximum atomic E-state index is 5.58. The minimum atomic E-state index is 0.288. The molecule has 5 nitrogen and oxygen atoms in total. The number of thiocarbonyl (C=S) groups is 1. The maximum Gasteiger partial charge on any atom is 0.170 e. The van der Waals surface area contributed by atoms with Crippen LogP contribution in [0.15, 0.2) is 18.3 Å². The third-order valence-corrected chi connectivity index (χ3v) is 4.86. The summed E-state index contributed by atoms with van der Waals surface area (Å²) < 4.78 is 5.58. The summed E-state index contributed by atoms with van der Waals surface area (Å²) in [7, 11) is 0. The smallest absolute Gasteiger partial charge is 0.170 e. The molecule has 2 fully saturated rings. The van der Waals surface area contributed by atoms with Crippen molar-refractivity contribution in [2.75, 3.05) is 29.9 Å². The first kappa shape index (κ1) is 16.5. The Labute approximate surface area is 143 Å². The van der Waals surface area contributed by atoms with E-state index in [9.17, 15) is 0 Å². The van der Waals surface area contributed by atoms with Crippen molar-refractivity contribution in [1.82, 2.24) is 10.3 Å². The number of hydrogen-bond donors (Lipinski definition) is 2. The quantitative estimate of drug-likeness (QED) is 0.826. The molecule has 6 heteroatoms. The van der Waals surface area contributed by atoms with E-state index in [1.807, 2.05) is 12.3 Å². The Balaban J connectivity index is 1.49. The molecular formula is C17H26N4OS. The lowest BCUT2D eigenvalue weighted by Crippen LogP contribution is -2.38. The van der Waals surface area contributed by atoms with Gasteiger partial charge < -0.3 is 20.3 Å². The SMILES string of the molecule is C[C@@H]1CCCCN1c1ccc(NC(=S)NC[C@H]2CCCO2)cn1. The van der Waals surface area contributed by atoms with E-state index in [1.165, 1.54) is 19.3 Å². The molecule has 2 aliphatic heterocycles. The Hall–Kier alpha value is -1.40. The van der Waals surface area contributed by atoms with Crippen LogP contribution in [-0.4, -0.2) is 41.9 Å². The van der Waals surface area contributed by atoms with Gasteiger partial charge >= 0.3 is 0 Å². The fourth-order valence-electron chi connectivity index (χ4n) is 3.26. The van der Waals surface area contributed by atoms with Crippen LogP contribution in [0.5, 0.6) is 0 Å². The molecule has 0 aliphatic carbocycles. The van der Waals surface area contributed by atoms with Crippen molar-refractivity contribution in [1.29, 1.82) is 0 Å². The van der Waals surface area contributed by atoms with Crippen LogP contribution in [-0.2, 0) is 4.74 Å². The summed E-state index contributed by atoms with van der Waals surface area (Å²) in [4.78, 5) is 6.98. The van der Waals surface area contributed by atoms with E-state index in [-0.39, 0.29) is 6.10 Å². The van der Waals surface area contributed by atoms with Gasteiger partial charge in [0, 0.05) is 25.7 Å². The molecular weight excluding hydrogens is 308 g/mol. The van der Waals surface area contributed by atoms with Gasteiger partial charge in [-0.3, -0.25) is 0 Å². The predicted molar refractivity (Wildman–Crippen MR) is 98.1 cm³/mol. The molecule has 0 radical (unpaired) electrons. The number of rotatable bonds is 4. The van der Waals surface area contributed by atoms with Gasteiger partial charge in [0.15, 0.2) is 5.11 Å². The molecule has 2 N–H and O–H groups in total. The maximum absolute atomic E-state index is 5.58. The molecule has 0 saturated carbocycles. The summed E-state index contributed by atoms with van der Waals surface area (Å²) in [5.41, 5.74) is 0.920. The Morgan fingerprint density at radius 1 is 1.35 bits per heavy atom. The fraction of sp³-hybridized carbons (Fsp3) is 0.647. The van der Waals surface area contributed by atoms with Gasteiger partial charge in [-0.25, -0.2) is 4.98 Å². The summed E-state index contributed by atoms with van der Waals surface area (Å²) in [6.07, 6.45) is 8.23. The summed E-state index contributed by atoms with van der Waals surface area (Å²) >= 11 is 5.33. The lowest BCUT2D eigenvalue weighted by atomic mass is 10.0. The van der Waals surface area contributed by atoms with Crippen molar-refractivity contribution in [3.05, 3.63) is 18.3 Å². The van der Waals surface area contributed by atoms with E-state index in [0.29, 0.717) is 11.2 Å². The van der Waals surface area contributed by atoms with E-state index in [2.05, 4.69) is 33.5 Å². The number of hydrogen-bond acceptors (Lipinski definition) is 4. The second kappa shape index (κ2) is 7.93. The molecule has 3 rings (SSSR count). The van der Waals surface area contributed by atoms with Crippen molar-refractivity contribution in [3.8, 4) is 0 Å². The summed E-state index contributed by atoms with van der Waals surface area (Å²) in [5.74, 6) is 1.06. The Kier molecular flexibility index (Phi) is 5.67. The van der Waals surface area contributed by atoms with E-state index in [0.717, 1.165) is 44.0 Å². The van der Waals surface area contributed by atoms with Gasteiger partial charge in [-0.05, 0) is 63.4 Å². The number of ether oxygens (including phenoxy) is 1. The first-order valence-electron chi connectivity index (χ1n) is 8.61. The third kappa shape index (κ3) is 4.54. The lowest BCUT2D eigenvalue weighted by molar-refractivity contribution is 0.114. The molecule has 23 heavy (non-hydrogen) atoms. The van der Waals surface area contributed by atoms with Crippen molar-refractivity contribution in [2.45, 2.75) is 51.2 Å². The van der Waals surface area contributed by atoms with Gasteiger partial charge in [-0.1, -0.05) is 0 Å². The van der Waals surface area contributed by atoms with Gasteiger partial charge in [0.1, 0.15) is 5.82 Å². The number of nitrogens with one attached hydrogen (secondary N) is 2. The zero-order valence-corrected chi connectivity index (χ0v) is 14.6. The van der Waals surface area contributed by atoms with Crippen molar-refractivity contribution in [3.63, 3.8) is 0 Å². The third-order valence-electron chi connectivity index (χ3n) is 4.62. The molecule has 2 saturated heterocycles. The first-order valence-corrected chi connectivity index (χ1v) is 9.02. The largest absolute Gasteiger partial charge is 0.376 e. The average Bonchev–Trinajstić information content (AvgIpc) is 3.08. The first-order chi connectivity index (χ1) is 11.2. The molecule has 126 valence electrons. The minimum absolute atomic E-state index is 0.288. The topological polar surface area (TPSA) is 49.4 Å². The van der Waals surface area contributed by atoms with Crippen LogP contribution in [0, 0.1) is 0 Å². The highest BCUT2D eigenvalue weighted by molar-refractivity contribution is 7.80. The zero-order valence-electron chi connectivity index (χ0n) is 13.8. The molecule has 1 aromatic rings. The molecule has 1 aromatic heterocycles. The van der Waals surface area contributed by atoms with Crippen LogP contribution in [0.1, 0.15) is 39.0 Å². The van der Waals surface area contributed by atoms with E-state index < -0.39 is 0 Å². The van der Waals surface area contributed by atoms with E-state index >= 15 is 0 Å². The second-order valence-electron chi connectivity index (χ2n) is 6.41. The molecule has 3 heterocycles. The highest BCUT2D eigenvalue weighted by Gasteiger charge is 2.19. The van der Waals surface area contributed by atoms with Crippen LogP contribution in [0.4, 0.5) is 11.5 Å². The number of aromatic nitrogens is 1. The Morgan fingerprint density at radius 2 is 2.26 bits per heavy atom. The molecule has 0 amide bonds. The monoisotopic (exact) mass is 334 g/mol. The summed E-state index contributed by atoms with van der Waals surface area (Å²) in [6.45, 7) is 5.01. The normalized spacial score (nSPS) is 24.5. The van der Waals surface area contributed by atoms with Crippen molar-refractivity contribution in [2.24, 2.45) is 0 Å². The number of pyridine rings is 1. The van der Waals surface area contributed by atoms with E-state index in [4.69, 9.17) is 17.0 Å². The molecule has 0 aromatic carbocycles. The summed E-state index contributed by atoms with van der Waals surface area (Å²) in [6, 6.07) is 4.69. The van der Waals surface area contributed by atoms with Gasteiger partial charge in [0.25, 0.3) is 0 Å². The van der Waals surface area contributed by atoms with Crippen LogP contribution in [0.25, 0.3) is 0 Å². The number of piperidine rings is 1. The highest BCUT2D eigenvalue weighted by atomic mass is 32.1. The zero-order chi connectivity index (χ0) is 16.1. The second-order valence-corrected chi connectivity index (χ2v) is 6.82. The van der Waals surface area contributed by atoms with Crippen LogP contribution in [0.2, 0.25) is 0 Å². The standard InChI is InChI=1S/C17H26N4OS/c1-13-5-2-3-9-21(13)16-8-7-14(11-18-16)20-17(23)19-12-15-6-4-10-22-15/h7-8,11,13,15H,2-6,9-10,12H2,1H3,(H2,19,20,23)/t13-,15-/m1/s1. The van der Waals surface area contributed by atoms with Gasteiger partial charge in [-0.2, -0.15) is 0 Å². The van der Waals surface area contributed by atoms with Crippen LogP contribution < -0.4 is 15.5 Å². The lowest BCUT2D eigenvalue weighted by Gasteiger charge is -2.34. The molecule has 2 aliphatic rings. The number of nitrogens with zero attached hydrogens (tertiary/aromatic N) is 2. The molecule has 0 bridgehead atoms. The highest BCUT2D eigenvalue weighted by Crippen LogP contribution is 2.23. The Morgan fingerprint density at radius 3 is 2.96 bits per heavy atom. The van der Waals surface area contributed by atoms with Crippen LogP contribution in [0.3, 0.4) is 0 Å². The van der Waals surface area contributed by atoms with Crippen molar-refractivity contribution >= 4 is 28.8 Å². The van der Waals surface area contributed by atoms with E-state index in [1.54, 1.807) is 0 Å². The van der Waals surface area contributed by atoms with Crippen LogP contribution >= 0.6 is 12.2 Å². The number of anilines is 2. The fourth-order valence-corrected chi connectivity index (χ4v) is 3.46. The molecule has 0 spiro atoms. The molecule has 2 atom stereocenters.